The minimum absolute atomic E-state index is 0. The van der Waals surface area contributed by atoms with Crippen LogP contribution >= 0.6 is 0 Å². The molecule has 2 aromatic rings. The number of methoxy groups -OCH3 is 1. The fourth-order valence-electron chi connectivity index (χ4n) is 2.81. The molecule has 0 atom stereocenters. The Bertz CT molecular complexity index is 804. The molecule has 0 radical (unpaired) electrons. The third-order valence-corrected chi connectivity index (χ3v) is 4.26. The maximum Gasteiger partial charge on any atom is 1.00 e. The molecule has 1 aromatic heterocycles. The Kier molecular flexibility index (Phi) is 13.2. The Hall–Kier alpha value is -1.24. The van der Waals surface area contributed by atoms with E-state index in [4.69, 9.17) is 4.74 Å². The molecule has 4 nitrogen and oxygen atoms in total. The third kappa shape index (κ3) is 6.67. The molecule has 1 heterocycles. The van der Waals surface area contributed by atoms with Gasteiger partial charge in [0, 0.05) is 11.8 Å². The van der Waals surface area contributed by atoms with Crippen molar-refractivity contribution in [3.05, 3.63) is 76.5 Å². The second kappa shape index (κ2) is 13.9. The molecule has 0 aliphatic carbocycles. The second-order valence-corrected chi connectivity index (χ2v) is 6.08. The minimum Gasteiger partial charge on any atom is -0.821 e. The van der Waals surface area contributed by atoms with Gasteiger partial charge in [-0.2, -0.15) is 6.58 Å². The van der Waals surface area contributed by atoms with Crippen molar-refractivity contribution in [2.75, 3.05) is 7.11 Å². The average molecular weight is 403 g/mol. The van der Waals surface area contributed by atoms with Crippen LogP contribution in [-0.4, -0.2) is 24.2 Å². The maximum absolute atomic E-state index is 11.1. The van der Waals surface area contributed by atoms with Crippen molar-refractivity contribution in [2.24, 2.45) is 0 Å². The average Bonchev–Trinajstić information content (AvgIpc) is 2.92. The zero-order valence-electron chi connectivity index (χ0n) is 17.8. The summed E-state index contributed by atoms with van der Waals surface area (Å²) >= 11 is 0. The van der Waals surface area contributed by atoms with Crippen LogP contribution in [0.25, 0.3) is 11.1 Å². The van der Waals surface area contributed by atoms with Crippen LogP contribution in [-0.2, 0) is 4.79 Å². The van der Waals surface area contributed by atoms with Gasteiger partial charge in [-0.25, -0.2) is 18.4 Å². The third-order valence-electron chi connectivity index (χ3n) is 4.26. The van der Waals surface area contributed by atoms with Crippen LogP contribution in [0.2, 0.25) is 0 Å². The number of allylic oxidation sites excluding steroid dienone is 3. The van der Waals surface area contributed by atoms with Crippen molar-refractivity contribution in [1.29, 1.82) is 0 Å². The van der Waals surface area contributed by atoms with E-state index in [2.05, 4.69) is 25.7 Å². The maximum atomic E-state index is 11.1. The van der Waals surface area contributed by atoms with Crippen LogP contribution in [0.4, 0.5) is 0 Å². The zero-order valence-corrected chi connectivity index (χ0v) is 20.9. The Balaban J connectivity index is 0.000000786. The molecule has 0 spiro atoms. The first-order chi connectivity index (χ1) is 13.0. The summed E-state index contributed by atoms with van der Waals surface area (Å²) in [5.41, 5.74) is 4.32. The number of benzene rings is 1. The van der Waals surface area contributed by atoms with Gasteiger partial charge in [0.15, 0.2) is 0 Å². The molecule has 0 bridgehead atoms. The van der Waals surface area contributed by atoms with Gasteiger partial charge >= 0.3 is 51.4 Å². The molecular weight excluding hydrogens is 375 g/mol. The van der Waals surface area contributed by atoms with E-state index in [1.807, 2.05) is 55.9 Å². The summed E-state index contributed by atoms with van der Waals surface area (Å²) in [6.45, 7) is 11.2. The van der Waals surface area contributed by atoms with Gasteiger partial charge in [0.2, 0.25) is 0 Å². The molecule has 0 aliphatic heterocycles. The monoisotopic (exact) mass is 402 g/mol. The summed E-state index contributed by atoms with van der Waals surface area (Å²) < 4.78 is 7.24. The Morgan fingerprint density at radius 1 is 1.25 bits per heavy atom. The molecule has 5 heteroatoms. The second-order valence-electron chi connectivity index (χ2n) is 6.08. The van der Waals surface area contributed by atoms with E-state index in [0.29, 0.717) is 11.1 Å². The number of rotatable bonds is 7. The molecule has 0 aliphatic rings. The van der Waals surface area contributed by atoms with Gasteiger partial charge in [0.1, 0.15) is 5.75 Å². The standard InChI is InChI=1S/C16H16N2O2.C7H11.K/c1-10-5-6-13(7-16(10)20-4)18-11(2)14(8-17)15(9-19)12(18)3;1-3-5-7-6-4-2;/h5-8H,1-4H3;5,7H,1,4,6H2,2H3;/q-2;-1;+1/b;7-5-;. The van der Waals surface area contributed by atoms with Gasteiger partial charge in [0.05, 0.1) is 13.4 Å². The molecule has 0 N–H and O–H groups in total. The minimum atomic E-state index is 0. The summed E-state index contributed by atoms with van der Waals surface area (Å²) in [7, 11) is 1.62. The Morgan fingerprint density at radius 3 is 2.39 bits per heavy atom. The van der Waals surface area contributed by atoms with E-state index in [1.54, 1.807) is 7.11 Å². The van der Waals surface area contributed by atoms with E-state index in [1.165, 1.54) is 6.42 Å². The molecule has 0 saturated heterocycles. The number of hydrogen-bond donors (Lipinski definition) is 0. The number of ether oxygens (including phenoxy) is 1. The smallest absolute Gasteiger partial charge is 0.821 e. The van der Waals surface area contributed by atoms with Gasteiger partial charge in [-0.1, -0.05) is 32.0 Å². The molecule has 0 saturated carbocycles. The first-order valence-corrected chi connectivity index (χ1v) is 8.86. The molecule has 0 fully saturated rings. The van der Waals surface area contributed by atoms with Crippen molar-refractivity contribution in [2.45, 2.75) is 40.5 Å². The SMILES string of the molecule is C=[C-]/C=C\CCC.COc1cc(-n2c(C)c([C-]=O)c(C=[N-])c2C)ccc1C.[K+]. The fraction of sp³-hybridized carbons (Fsp3) is 0.304. The van der Waals surface area contributed by atoms with Crippen LogP contribution < -0.4 is 56.1 Å². The van der Waals surface area contributed by atoms with Crippen LogP contribution in [0.3, 0.4) is 0 Å². The van der Waals surface area contributed by atoms with Gasteiger partial charge in [-0.3, -0.25) is 6.08 Å². The zero-order chi connectivity index (χ0) is 20.4. The van der Waals surface area contributed by atoms with E-state index >= 15 is 0 Å². The van der Waals surface area contributed by atoms with E-state index in [0.717, 1.165) is 41.0 Å². The summed E-state index contributed by atoms with van der Waals surface area (Å²) in [6, 6.07) is 5.82. The summed E-state index contributed by atoms with van der Waals surface area (Å²) in [5, 5.41) is 9.32. The first kappa shape index (κ1) is 26.8. The molecule has 0 amide bonds. The summed E-state index contributed by atoms with van der Waals surface area (Å²) in [6.07, 6.45) is 11.8. The molecular formula is C23H27KN2O2-2. The molecule has 2 rings (SSSR count). The van der Waals surface area contributed by atoms with E-state index < -0.39 is 0 Å². The summed E-state index contributed by atoms with van der Waals surface area (Å²) in [5.74, 6) is 0.779. The molecule has 0 unspecified atom stereocenters. The molecule has 144 valence electrons. The number of unbranched alkanes of at least 4 members (excludes halogenated alkanes) is 1. The van der Waals surface area contributed by atoms with Crippen molar-refractivity contribution >= 4 is 12.5 Å². The van der Waals surface area contributed by atoms with Gasteiger partial charge in [0.25, 0.3) is 0 Å². The largest absolute Gasteiger partial charge is 1.00 e. The number of aryl methyl sites for hydroxylation is 1. The Labute approximate surface area is 211 Å². The molecule has 28 heavy (non-hydrogen) atoms. The van der Waals surface area contributed by atoms with Crippen LogP contribution in [0, 0.1) is 26.8 Å². The van der Waals surface area contributed by atoms with Gasteiger partial charge < -0.3 is 19.5 Å². The van der Waals surface area contributed by atoms with Crippen LogP contribution in [0.1, 0.15) is 47.8 Å². The van der Waals surface area contributed by atoms with Crippen molar-refractivity contribution < 1.29 is 60.9 Å². The van der Waals surface area contributed by atoms with Crippen LogP contribution in [0.15, 0.2) is 36.9 Å². The Morgan fingerprint density at radius 2 is 1.93 bits per heavy atom. The predicted octanol–water partition coefficient (Wildman–Crippen LogP) is 2.19. The fourth-order valence-corrected chi connectivity index (χ4v) is 2.81. The first-order valence-electron chi connectivity index (χ1n) is 8.86. The normalized spacial score (nSPS) is 9.89. The predicted molar refractivity (Wildman–Crippen MR) is 113 cm³/mol. The molecule has 1 aromatic carbocycles. The topological polar surface area (TPSA) is 53.5 Å². The number of hydrogen-bond acceptors (Lipinski definition) is 2. The quantitative estimate of drug-likeness (QED) is 0.309. The van der Waals surface area contributed by atoms with E-state index in [9.17, 15) is 10.2 Å². The van der Waals surface area contributed by atoms with Crippen LogP contribution in [0.5, 0.6) is 5.75 Å². The number of aromatic nitrogens is 1. The number of carbonyl (C=O) groups excluding carboxylic acids is 1. The van der Waals surface area contributed by atoms with Gasteiger partial charge in [-0.05, 0) is 31.2 Å². The van der Waals surface area contributed by atoms with Gasteiger partial charge in [-0.15, -0.1) is 17.5 Å². The van der Waals surface area contributed by atoms with Crippen molar-refractivity contribution in [3.63, 3.8) is 0 Å². The number of nitrogens with zero attached hydrogens (tertiary/aromatic N) is 2. The van der Waals surface area contributed by atoms with Crippen molar-refractivity contribution in [1.82, 2.24) is 4.57 Å². The van der Waals surface area contributed by atoms with Crippen molar-refractivity contribution in [3.8, 4) is 11.4 Å². The summed E-state index contributed by atoms with van der Waals surface area (Å²) in [4.78, 5) is 11.1. The van der Waals surface area contributed by atoms with E-state index in [-0.39, 0.29) is 51.4 Å².